The van der Waals surface area contributed by atoms with Crippen molar-refractivity contribution in [2.45, 2.75) is 26.8 Å². The normalized spacial score (nSPS) is 10.6. The molecule has 2 rings (SSSR count). The summed E-state index contributed by atoms with van der Waals surface area (Å²) in [7, 11) is 3.10. The fraction of sp³-hybridized carbons (Fsp3) is 0.381. The van der Waals surface area contributed by atoms with Gasteiger partial charge in [-0.2, -0.15) is 0 Å². The van der Waals surface area contributed by atoms with Crippen molar-refractivity contribution in [3.8, 4) is 17.2 Å². The number of hydrogen-bond acceptors (Lipinski definition) is 4. The molecule has 0 radical (unpaired) electrons. The average Bonchev–Trinajstić information content (AvgIpc) is 2.66. The van der Waals surface area contributed by atoms with Gasteiger partial charge in [0.2, 0.25) is 0 Å². The Kier molecular flexibility index (Phi) is 7.80. The number of rotatable bonds is 9. The Balaban J connectivity index is 1.95. The van der Waals surface area contributed by atoms with Crippen LogP contribution in [0.2, 0.25) is 5.02 Å². The molecular formula is C21H26ClNO4. The molecule has 0 fully saturated rings. The zero-order chi connectivity index (χ0) is 19.8. The van der Waals surface area contributed by atoms with Gasteiger partial charge in [0, 0.05) is 23.2 Å². The fourth-order valence-electron chi connectivity index (χ4n) is 2.42. The Morgan fingerprint density at radius 3 is 2.30 bits per heavy atom. The minimum atomic E-state index is -0.186. The van der Waals surface area contributed by atoms with Gasteiger partial charge in [-0.25, -0.2) is 0 Å². The van der Waals surface area contributed by atoms with Crippen LogP contribution in [-0.4, -0.2) is 26.7 Å². The van der Waals surface area contributed by atoms with Gasteiger partial charge in [0.15, 0.2) is 11.5 Å². The number of methoxy groups -OCH3 is 2. The highest BCUT2D eigenvalue weighted by atomic mass is 35.5. The third-order valence-corrected chi connectivity index (χ3v) is 4.42. The minimum absolute atomic E-state index is 0.186. The molecule has 6 heteroatoms. The third-order valence-electron chi connectivity index (χ3n) is 4.07. The molecule has 0 aliphatic heterocycles. The zero-order valence-electron chi connectivity index (χ0n) is 16.2. The van der Waals surface area contributed by atoms with Crippen LogP contribution in [0.15, 0.2) is 36.4 Å². The minimum Gasteiger partial charge on any atom is -0.494 e. The van der Waals surface area contributed by atoms with Gasteiger partial charge in [0.1, 0.15) is 5.75 Å². The standard InChI is InChI=1S/C21H26ClNO4/c1-14(2)9-10-27-17-7-5-15(6-8-17)21(24)23-13-16-11-19(25-3)20(26-4)12-18(16)22/h5-8,11-12,14H,9-10,13H2,1-4H3,(H,23,24). The van der Waals surface area contributed by atoms with Crippen molar-refractivity contribution in [2.24, 2.45) is 5.92 Å². The smallest absolute Gasteiger partial charge is 0.251 e. The lowest BCUT2D eigenvalue weighted by Crippen LogP contribution is -2.23. The summed E-state index contributed by atoms with van der Waals surface area (Å²) in [5.41, 5.74) is 1.30. The van der Waals surface area contributed by atoms with Crippen molar-refractivity contribution < 1.29 is 19.0 Å². The monoisotopic (exact) mass is 391 g/mol. The Morgan fingerprint density at radius 2 is 1.70 bits per heavy atom. The molecule has 0 unspecified atom stereocenters. The van der Waals surface area contributed by atoms with E-state index in [1.807, 2.05) is 0 Å². The summed E-state index contributed by atoms with van der Waals surface area (Å²) < 4.78 is 16.2. The second-order valence-corrected chi connectivity index (χ2v) is 6.94. The van der Waals surface area contributed by atoms with E-state index < -0.39 is 0 Å². The number of carbonyl (C=O) groups is 1. The summed E-state index contributed by atoms with van der Waals surface area (Å²) in [6, 6.07) is 10.5. The van der Waals surface area contributed by atoms with Crippen LogP contribution < -0.4 is 19.5 Å². The first-order valence-electron chi connectivity index (χ1n) is 8.86. The number of benzene rings is 2. The summed E-state index contributed by atoms with van der Waals surface area (Å²) in [5.74, 6) is 2.28. The molecule has 0 aliphatic carbocycles. The Hall–Kier alpha value is -2.40. The predicted molar refractivity (Wildman–Crippen MR) is 107 cm³/mol. The van der Waals surface area contributed by atoms with E-state index in [4.69, 9.17) is 25.8 Å². The van der Waals surface area contributed by atoms with Gasteiger partial charge in [-0.15, -0.1) is 0 Å². The lowest BCUT2D eigenvalue weighted by molar-refractivity contribution is 0.0951. The van der Waals surface area contributed by atoms with Crippen molar-refractivity contribution in [3.63, 3.8) is 0 Å². The highest BCUT2D eigenvalue weighted by Crippen LogP contribution is 2.33. The molecular weight excluding hydrogens is 366 g/mol. The van der Waals surface area contributed by atoms with E-state index >= 15 is 0 Å². The van der Waals surface area contributed by atoms with E-state index in [1.165, 1.54) is 0 Å². The number of carbonyl (C=O) groups excluding carboxylic acids is 1. The molecule has 2 aromatic carbocycles. The molecule has 0 heterocycles. The van der Waals surface area contributed by atoms with E-state index in [1.54, 1.807) is 50.6 Å². The van der Waals surface area contributed by atoms with Crippen LogP contribution >= 0.6 is 11.6 Å². The van der Waals surface area contributed by atoms with Gasteiger partial charge in [-0.05, 0) is 48.2 Å². The molecule has 2 aromatic rings. The molecule has 27 heavy (non-hydrogen) atoms. The molecule has 0 spiro atoms. The van der Waals surface area contributed by atoms with Crippen LogP contribution in [0.5, 0.6) is 17.2 Å². The molecule has 0 bridgehead atoms. The fourth-order valence-corrected chi connectivity index (χ4v) is 2.64. The average molecular weight is 392 g/mol. The van der Waals surface area contributed by atoms with Crippen LogP contribution in [0.1, 0.15) is 36.2 Å². The lowest BCUT2D eigenvalue weighted by Gasteiger charge is -2.12. The van der Waals surface area contributed by atoms with Gasteiger partial charge in [0.05, 0.1) is 20.8 Å². The molecule has 1 amide bonds. The highest BCUT2D eigenvalue weighted by Gasteiger charge is 2.12. The molecule has 1 N–H and O–H groups in total. The molecule has 0 atom stereocenters. The van der Waals surface area contributed by atoms with Gasteiger partial charge in [-0.1, -0.05) is 25.4 Å². The van der Waals surface area contributed by atoms with Gasteiger partial charge in [0.25, 0.3) is 5.91 Å². The molecule has 5 nitrogen and oxygen atoms in total. The van der Waals surface area contributed by atoms with Gasteiger partial charge in [-0.3, -0.25) is 4.79 Å². The van der Waals surface area contributed by atoms with Crippen molar-refractivity contribution in [1.82, 2.24) is 5.32 Å². The van der Waals surface area contributed by atoms with Crippen LogP contribution in [0, 0.1) is 5.92 Å². The summed E-state index contributed by atoms with van der Waals surface area (Å²) in [6.07, 6.45) is 0.994. The Labute approximate surface area is 165 Å². The predicted octanol–water partition coefficient (Wildman–Crippen LogP) is 4.71. The highest BCUT2D eigenvalue weighted by molar-refractivity contribution is 6.31. The second kappa shape index (κ2) is 10.1. The summed E-state index contributed by atoms with van der Waals surface area (Å²) >= 11 is 6.25. The summed E-state index contributed by atoms with van der Waals surface area (Å²) in [6.45, 7) is 5.26. The topological polar surface area (TPSA) is 56.8 Å². The van der Waals surface area contributed by atoms with E-state index in [9.17, 15) is 4.79 Å². The number of amides is 1. The van der Waals surface area contributed by atoms with E-state index in [0.29, 0.717) is 34.6 Å². The number of nitrogens with one attached hydrogen (secondary N) is 1. The first-order chi connectivity index (χ1) is 12.9. The molecule has 0 saturated carbocycles. The number of ether oxygens (including phenoxy) is 3. The van der Waals surface area contributed by atoms with Crippen molar-refractivity contribution >= 4 is 17.5 Å². The quantitative estimate of drug-likeness (QED) is 0.672. The Morgan fingerprint density at radius 1 is 1.07 bits per heavy atom. The van der Waals surface area contributed by atoms with E-state index in [-0.39, 0.29) is 12.5 Å². The zero-order valence-corrected chi connectivity index (χ0v) is 16.9. The lowest BCUT2D eigenvalue weighted by atomic mass is 10.1. The number of hydrogen-bond donors (Lipinski definition) is 1. The maximum absolute atomic E-state index is 12.4. The van der Waals surface area contributed by atoms with Crippen LogP contribution in [0.3, 0.4) is 0 Å². The Bertz CT molecular complexity index is 760. The van der Waals surface area contributed by atoms with Crippen LogP contribution in [-0.2, 0) is 6.54 Å². The number of halogens is 1. The summed E-state index contributed by atoms with van der Waals surface area (Å²) in [5, 5.41) is 3.36. The van der Waals surface area contributed by atoms with E-state index in [2.05, 4.69) is 19.2 Å². The van der Waals surface area contributed by atoms with Crippen molar-refractivity contribution in [1.29, 1.82) is 0 Å². The molecule has 146 valence electrons. The summed E-state index contributed by atoms with van der Waals surface area (Å²) in [4.78, 5) is 12.4. The first kappa shape index (κ1) is 20.9. The first-order valence-corrected chi connectivity index (χ1v) is 9.23. The maximum Gasteiger partial charge on any atom is 0.251 e. The van der Waals surface area contributed by atoms with Gasteiger partial charge < -0.3 is 19.5 Å². The van der Waals surface area contributed by atoms with Crippen molar-refractivity contribution in [3.05, 3.63) is 52.5 Å². The van der Waals surface area contributed by atoms with Crippen molar-refractivity contribution in [2.75, 3.05) is 20.8 Å². The van der Waals surface area contributed by atoms with E-state index in [0.717, 1.165) is 17.7 Å². The molecule has 0 aromatic heterocycles. The SMILES string of the molecule is COc1cc(Cl)c(CNC(=O)c2ccc(OCCC(C)C)cc2)cc1OC. The largest absolute Gasteiger partial charge is 0.494 e. The van der Waals surface area contributed by atoms with Gasteiger partial charge >= 0.3 is 0 Å². The molecule has 0 aliphatic rings. The van der Waals surface area contributed by atoms with Crippen LogP contribution in [0.4, 0.5) is 0 Å². The van der Waals surface area contributed by atoms with Crippen LogP contribution in [0.25, 0.3) is 0 Å². The third kappa shape index (κ3) is 6.07. The molecule has 0 saturated heterocycles. The second-order valence-electron chi connectivity index (χ2n) is 6.54. The maximum atomic E-state index is 12.4.